The van der Waals surface area contributed by atoms with Crippen LogP contribution in [0.3, 0.4) is 0 Å². The third-order valence-corrected chi connectivity index (χ3v) is 4.30. The molecule has 1 aromatic carbocycles. The van der Waals surface area contributed by atoms with Crippen molar-refractivity contribution in [2.75, 3.05) is 43.1 Å². The van der Waals surface area contributed by atoms with Crippen LogP contribution in [-0.2, 0) is 0 Å². The Labute approximate surface area is 127 Å². The standard InChI is InChI=1S/C13H15ClN4OS/c1-19-11-4-2-3-10(9-11)17-5-7-18(8-6-17)13-12(14)15-20-16-13/h2-4,9H,5-8H2,1H3. The molecule has 1 fully saturated rings. The van der Waals surface area contributed by atoms with Gasteiger partial charge in [-0.25, -0.2) is 0 Å². The van der Waals surface area contributed by atoms with E-state index in [2.05, 4.69) is 30.7 Å². The minimum atomic E-state index is 0.504. The first-order valence-electron chi connectivity index (χ1n) is 6.40. The minimum Gasteiger partial charge on any atom is -0.497 e. The van der Waals surface area contributed by atoms with Crippen LogP contribution in [0.1, 0.15) is 0 Å². The number of halogens is 1. The van der Waals surface area contributed by atoms with Crippen LogP contribution >= 0.6 is 23.3 Å². The van der Waals surface area contributed by atoms with Crippen LogP contribution in [0.2, 0.25) is 5.15 Å². The van der Waals surface area contributed by atoms with Crippen LogP contribution in [-0.4, -0.2) is 42.0 Å². The second kappa shape index (κ2) is 5.85. The number of hydrogen-bond acceptors (Lipinski definition) is 6. The van der Waals surface area contributed by atoms with E-state index in [0.29, 0.717) is 5.15 Å². The van der Waals surface area contributed by atoms with Crippen LogP contribution in [0.15, 0.2) is 24.3 Å². The van der Waals surface area contributed by atoms with Gasteiger partial charge in [0, 0.05) is 37.9 Å². The van der Waals surface area contributed by atoms with Crippen molar-refractivity contribution >= 4 is 34.8 Å². The molecule has 1 aliphatic heterocycles. The summed E-state index contributed by atoms with van der Waals surface area (Å²) in [5.41, 5.74) is 1.19. The molecule has 0 spiro atoms. The van der Waals surface area contributed by atoms with Crippen molar-refractivity contribution in [3.05, 3.63) is 29.4 Å². The van der Waals surface area contributed by atoms with Gasteiger partial charge in [-0.3, -0.25) is 0 Å². The molecule has 0 bridgehead atoms. The summed E-state index contributed by atoms with van der Waals surface area (Å²) < 4.78 is 13.5. The Balaban J connectivity index is 1.68. The van der Waals surface area contributed by atoms with Gasteiger partial charge in [0.25, 0.3) is 0 Å². The molecular weight excluding hydrogens is 296 g/mol. The van der Waals surface area contributed by atoms with Gasteiger partial charge in [-0.05, 0) is 12.1 Å². The molecule has 0 radical (unpaired) electrons. The van der Waals surface area contributed by atoms with E-state index in [1.54, 1.807) is 7.11 Å². The quantitative estimate of drug-likeness (QED) is 0.871. The number of piperazine rings is 1. The summed E-state index contributed by atoms with van der Waals surface area (Å²) in [7, 11) is 1.69. The Bertz CT molecular complexity index is 583. The molecule has 1 aliphatic rings. The Kier molecular flexibility index (Phi) is 3.93. The van der Waals surface area contributed by atoms with E-state index in [1.165, 1.54) is 5.69 Å². The van der Waals surface area contributed by atoms with Crippen LogP contribution in [0.5, 0.6) is 5.75 Å². The largest absolute Gasteiger partial charge is 0.497 e. The Morgan fingerprint density at radius 1 is 1.15 bits per heavy atom. The van der Waals surface area contributed by atoms with E-state index < -0.39 is 0 Å². The molecule has 1 aromatic heterocycles. The summed E-state index contributed by atoms with van der Waals surface area (Å²) in [5, 5.41) is 0.504. The summed E-state index contributed by atoms with van der Waals surface area (Å²) in [6.45, 7) is 3.65. The fourth-order valence-electron chi connectivity index (χ4n) is 2.35. The second-order valence-electron chi connectivity index (χ2n) is 4.55. The Morgan fingerprint density at radius 2 is 1.90 bits per heavy atom. The number of anilines is 2. The fraction of sp³-hybridized carbons (Fsp3) is 0.385. The zero-order valence-electron chi connectivity index (χ0n) is 11.1. The second-order valence-corrected chi connectivity index (χ2v) is 5.44. The minimum absolute atomic E-state index is 0.504. The van der Waals surface area contributed by atoms with Crippen LogP contribution in [0.25, 0.3) is 0 Å². The lowest BCUT2D eigenvalue weighted by Gasteiger charge is -2.36. The van der Waals surface area contributed by atoms with E-state index in [-0.39, 0.29) is 0 Å². The maximum atomic E-state index is 6.03. The molecule has 2 aromatic rings. The van der Waals surface area contributed by atoms with Crippen molar-refractivity contribution in [1.29, 1.82) is 0 Å². The van der Waals surface area contributed by atoms with Crippen LogP contribution in [0, 0.1) is 0 Å². The molecule has 20 heavy (non-hydrogen) atoms. The summed E-state index contributed by atoms with van der Waals surface area (Å²) in [5.74, 6) is 1.69. The molecule has 1 saturated heterocycles. The highest BCUT2D eigenvalue weighted by Crippen LogP contribution is 2.26. The number of aromatic nitrogens is 2. The normalized spacial score (nSPS) is 15.5. The molecule has 0 N–H and O–H groups in total. The number of hydrogen-bond donors (Lipinski definition) is 0. The summed E-state index contributed by atoms with van der Waals surface area (Å²) in [6.07, 6.45) is 0. The highest BCUT2D eigenvalue weighted by Gasteiger charge is 2.21. The van der Waals surface area contributed by atoms with Gasteiger partial charge in [0.05, 0.1) is 18.8 Å². The number of ether oxygens (including phenoxy) is 1. The van der Waals surface area contributed by atoms with Gasteiger partial charge in [-0.15, -0.1) is 0 Å². The van der Waals surface area contributed by atoms with Gasteiger partial charge >= 0.3 is 0 Å². The third-order valence-electron chi connectivity index (χ3n) is 3.43. The molecule has 5 nitrogen and oxygen atoms in total. The van der Waals surface area contributed by atoms with E-state index in [0.717, 1.165) is 49.5 Å². The van der Waals surface area contributed by atoms with Gasteiger partial charge in [-0.1, -0.05) is 17.7 Å². The maximum Gasteiger partial charge on any atom is 0.187 e. The SMILES string of the molecule is COc1cccc(N2CCN(c3nsnc3Cl)CC2)c1. The lowest BCUT2D eigenvalue weighted by atomic mass is 10.2. The molecule has 106 valence electrons. The first-order valence-corrected chi connectivity index (χ1v) is 7.51. The van der Waals surface area contributed by atoms with Crippen molar-refractivity contribution in [3.8, 4) is 5.75 Å². The van der Waals surface area contributed by atoms with Crippen molar-refractivity contribution in [1.82, 2.24) is 8.75 Å². The molecule has 0 saturated carbocycles. The average Bonchev–Trinajstić information content (AvgIpc) is 2.94. The Hall–Kier alpha value is -1.53. The van der Waals surface area contributed by atoms with Gasteiger partial charge < -0.3 is 14.5 Å². The average molecular weight is 311 g/mol. The number of nitrogens with zero attached hydrogens (tertiary/aromatic N) is 4. The van der Waals surface area contributed by atoms with Crippen LogP contribution < -0.4 is 14.5 Å². The Morgan fingerprint density at radius 3 is 2.55 bits per heavy atom. The van der Waals surface area contributed by atoms with Crippen molar-refractivity contribution in [2.24, 2.45) is 0 Å². The van der Waals surface area contributed by atoms with Crippen molar-refractivity contribution < 1.29 is 4.74 Å². The molecule has 0 aliphatic carbocycles. The monoisotopic (exact) mass is 310 g/mol. The van der Waals surface area contributed by atoms with Gasteiger partial charge in [0.1, 0.15) is 5.75 Å². The van der Waals surface area contributed by atoms with Gasteiger partial charge in [0.15, 0.2) is 11.0 Å². The number of rotatable bonds is 3. The zero-order valence-corrected chi connectivity index (χ0v) is 12.7. The fourth-order valence-corrected chi connectivity index (χ4v) is 3.12. The van der Waals surface area contributed by atoms with Crippen LogP contribution in [0.4, 0.5) is 11.5 Å². The molecule has 0 unspecified atom stereocenters. The van der Waals surface area contributed by atoms with E-state index >= 15 is 0 Å². The molecule has 2 heterocycles. The molecule has 7 heteroatoms. The first kappa shape index (κ1) is 13.5. The predicted molar refractivity (Wildman–Crippen MR) is 82.3 cm³/mol. The lowest BCUT2D eigenvalue weighted by molar-refractivity contribution is 0.414. The van der Waals surface area contributed by atoms with Gasteiger partial charge in [0.2, 0.25) is 0 Å². The third kappa shape index (κ3) is 2.66. The summed E-state index contributed by atoms with van der Waals surface area (Å²) in [6, 6.07) is 8.14. The predicted octanol–water partition coefficient (Wildman–Crippen LogP) is 2.53. The molecule has 0 amide bonds. The summed E-state index contributed by atoms with van der Waals surface area (Å²) >= 11 is 7.19. The molecule has 0 atom stereocenters. The smallest absolute Gasteiger partial charge is 0.187 e. The van der Waals surface area contributed by atoms with E-state index in [1.807, 2.05) is 12.1 Å². The van der Waals surface area contributed by atoms with Crippen molar-refractivity contribution in [3.63, 3.8) is 0 Å². The van der Waals surface area contributed by atoms with Gasteiger partial charge in [-0.2, -0.15) is 8.75 Å². The number of methoxy groups -OCH3 is 1. The summed E-state index contributed by atoms with van der Waals surface area (Å²) in [4.78, 5) is 4.52. The first-order chi connectivity index (χ1) is 9.78. The molecular formula is C13H15ClN4OS. The molecule has 3 rings (SSSR count). The highest BCUT2D eigenvalue weighted by molar-refractivity contribution is 6.99. The topological polar surface area (TPSA) is 41.5 Å². The zero-order chi connectivity index (χ0) is 13.9. The highest BCUT2D eigenvalue weighted by atomic mass is 35.5. The van der Waals surface area contributed by atoms with E-state index in [9.17, 15) is 0 Å². The van der Waals surface area contributed by atoms with E-state index in [4.69, 9.17) is 16.3 Å². The number of benzene rings is 1. The van der Waals surface area contributed by atoms with Crippen molar-refractivity contribution in [2.45, 2.75) is 0 Å². The lowest BCUT2D eigenvalue weighted by Crippen LogP contribution is -2.46. The maximum absolute atomic E-state index is 6.03.